The molecule has 1 amide bonds. The molecule has 0 aliphatic rings. The molecule has 0 aliphatic heterocycles. The van der Waals surface area contributed by atoms with Gasteiger partial charge in [0.05, 0.1) is 7.11 Å². The van der Waals surface area contributed by atoms with Gasteiger partial charge in [0, 0.05) is 5.56 Å². The van der Waals surface area contributed by atoms with Crippen molar-refractivity contribution in [1.82, 2.24) is 0 Å². The molecular formula is C11H11NO3. The van der Waals surface area contributed by atoms with E-state index in [-0.39, 0.29) is 6.61 Å². The van der Waals surface area contributed by atoms with Crippen molar-refractivity contribution in [2.45, 2.75) is 0 Å². The van der Waals surface area contributed by atoms with Crippen molar-refractivity contribution >= 4 is 5.91 Å². The maximum Gasteiger partial charge on any atom is 0.248 e. The molecule has 0 unspecified atom stereocenters. The maximum absolute atomic E-state index is 10.9. The van der Waals surface area contributed by atoms with Crippen molar-refractivity contribution in [3.63, 3.8) is 0 Å². The standard InChI is InChI=1S/C11H11NO3/c1-3-6-15-9-5-4-8(11(12)13)7-10(9)14-2/h1,4-5,7H,6H2,2H3,(H2,12,13). The van der Waals surface area contributed by atoms with E-state index in [1.54, 1.807) is 12.1 Å². The van der Waals surface area contributed by atoms with Crippen LogP contribution in [-0.4, -0.2) is 19.6 Å². The molecule has 0 heterocycles. The number of rotatable bonds is 4. The predicted molar refractivity (Wildman–Crippen MR) is 55.8 cm³/mol. The Morgan fingerprint density at radius 1 is 1.53 bits per heavy atom. The van der Waals surface area contributed by atoms with Crippen molar-refractivity contribution in [3.05, 3.63) is 23.8 Å². The van der Waals surface area contributed by atoms with E-state index < -0.39 is 5.91 Å². The van der Waals surface area contributed by atoms with Crippen molar-refractivity contribution in [2.24, 2.45) is 5.73 Å². The number of methoxy groups -OCH3 is 1. The summed E-state index contributed by atoms with van der Waals surface area (Å²) in [7, 11) is 1.48. The summed E-state index contributed by atoms with van der Waals surface area (Å²) in [4.78, 5) is 10.9. The highest BCUT2D eigenvalue weighted by Gasteiger charge is 2.07. The van der Waals surface area contributed by atoms with E-state index in [1.807, 2.05) is 0 Å². The molecule has 2 N–H and O–H groups in total. The average molecular weight is 205 g/mol. The van der Waals surface area contributed by atoms with Gasteiger partial charge in [0.1, 0.15) is 6.61 Å². The fourth-order valence-electron chi connectivity index (χ4n) is 1.06. The number of benzene rings is 1. The summed E-state index contributed by atoms with van der Waals surface area (Å²) in [6.07, 6.45) is 5.06. The number of ether oxygens (including phenoxy) is 2. The van der Waals surface area contributed by atoms with E-state index in [2.05, 4.69) is 5.92 Å². The number of carbonyl (C=O) groups is 1. The van der Waals surface area contributed by atoms with Crippen molar-refractivity contribution in [2.75, 3.05) is 13.7 Å². The first-order valence-electron chi connectivity index (χ1n) is 4.23. The minimum absolute atomic E-state index is 0.145. The van der Waals surface area contributed by atoms with Crippen LogP contribution in [0.5, 0.6) is 11.5 Å². The third-order valence-corrected chi connectivity index (χ3v) is 1.76. The second-order valence-electron chi connectivity index (χ2n) is 2.72. The topological polar surface area (TPSA) is 61.5 Å². The first-order valence-corrected chi connectivity index (χ1v) is 4.23. The highest BCUT2D eigenvalue weighted by molar-refractivity contribution is 5.93. The Labute approximate surface area is 88.0 Å². The van der Waals surface area contributed by atoms with Gasteiger partial charge in [0.2, 0.25) is 5.91 Å². The third-order valence-electron chi connectivity index (χ3n) is 1.76. The molecule has 0 radical (unpaired) electrons. The van der Waals surface area contributed by atoms with E-state index in [4.69, 9.17) is 21.6 Å². The van der Waals surface area contributed by atoms with E-state index in [0.29, 0.717) is 17.1 Å². The molecule has 1 aromatic rings. The zero-order chi connectivity index (χ0) is 11.3. The van der Waals surface area contributed by atoms with Gasteiger partial charge in [-0.1, -0.05) is 5.92 Å². The number of amides is 1. The fourth-order valence-corrected chi connectivity index (χ4v) is 1.06. The average Bonchev–Trinajstić information content (AvgIpc) is 2.25. The Hall–Kier alpha value is -2.15. The van der Waals surface area contributed by atoms with Crippen LogP contribution in [0.2, 0.25) is 0 Å². The van der Waals surface area contributed by atoms with Gasteiger partial charge in [0.15, 0.2) is 11.5 Å². The highest BCUT2D eigenvalue weighted by Crippen LogP contribution is 2.27. The summed E-state index contributed by atoms with van der Waals surface area (Å²) in [5.41, 5.74) is 5.48. The molecule has 0 aliphatic carbocycles. The normalized spacial score (nSPS) is 9.07. The quantitative estimate of drug-likeness (QED) is 0.740. The summed E-state index contributed by atoms with van der Waals surface area (Å²) in [5.74, 6) is 2.74. The molecule has 4 nitrogen and oxygen atoms in total. The summed E-state index contributed by atoms with van der Waals surface area (Å²) in [6.45, 7) is 0.145. The summed E-state index contributed by atoms with van der Waals surface area (Å²) in [6, 6.07) is 4.65. The van der Waals surface area contributed by atoms with Gasteiger partial charge in [0.25, 0.3) is 0 Å². The molecule has 0 atom stereocenters. The van der Waals surface area contributed by atoms with Crippen LogP contribution in [0.15, 0.2) is 18.2 Å². The molecule has 78 valence electrons. The van der Waals surface area contributed by atoms with Crippen LogP contribution in [0, 0.1) is 12.3 Å². The predicted octanol–water partition coefficient (Wildman–Crippen LogP) is 0.806. The van der Waals surface area contributed by atoms with Crippen LogP contribution >= 0.6 is 0 Å². The third kappa shape index (κ3) is 2.64. The first-order chi connectivity index (χ1) is 7.19. The molecule has 15 heavy (non-hydrogen) atoms. The van der Waals surface area contributed by atoms with E-state index in [9.17, 15) is 4.79 Å². The van der Waals surface area contributed by atoms with E-state index in [0.717, 1.165) is 0 Å². The number of nitrogens with two attached hydrogens (primary N) is 1. The minimum Gasteiger partial charge on any atom is -0.493 e. The lowest BCUT2D eigenvalue weighted by Crippen LogP contribution is -2.11. The molecule has 0 bridgehead atoms. The van der Waals surface area contributed by atoms with Gasteiger partial charge >= 0.3 is 0 Å². The van der Waals surface area contributed by atoms with Crippen LogP contribution in [0.4, 0.5) is 0 Å². The Kier molecular flexibility index (Phi) is 3.58. The Morgan fingerprint density at radius 3 is 2.80 bits per heavy atom. The monoisotopic (exact) mass is 205 g/mol. The fraction of sp³-hybridized carbons (Fsp3) is 0.182. The SMILES string of the molecule is C#CCOc1ccc(C(N)=O)cc1OC. The molecule has 4 heteroatoms. The first kappa shape index (κ1) is 10.9. The lowest BCUT2D eigenvalue weighted by atomic mass is 10.2. The molecule has 0 spiro atoms. The van der Waals surface area contributed by atoms with Gasteiger partial charge in [-0.2, -0.15) is 0 Å². The largest absolute Gasteiger partial charge is 0.493 e. The highest BCUT2D eigenvalue weighted by atomic mass is 16.5. The van der Waals surface area contributed by atoms with Crippen LogP contribution in [0.25, 0.3) is 0 Å². The molecule has 0 saturated heterocycles. The van der Waals surface area contributed by atoms with E-state index >= 15 is 0 Å². The van der Waals surface area contributed by atoms with Crippen LogP contribution < -0.4 is 15.2 Å². The molecular weight excluding hydrogens is 194 g/mol. The van der Waals surface area contributed by atoms with Crippen molar-refractivity contribution in [1.29, 1.82) is 0 Å². The summed E-state index contributed by atoms with van der Waals surface area (Å²) < 4.78 is 10.2. The maximum atomic E-state index is 10.9. The van der Waals surface area contributed by atoms with Crippen molar-refractivity contribution in [3.8, 4) is 23.8 Å². The van der Waals surface area contributed by atoms with Crippen molar-refractivity contribution < 1.29 is 14.3 Å². The Morgan fingerprint density at radius 2 is 2.27 bits per heavy atom. The number of hydrogen-bond acceptors (Lipinski definition) is 3. The van der Waals surface area contributed by atoms with Gasteiger partial charge in [-0.05, 0) is 18.2 Å². The van der Waals surface area contributed by atoms with Gasteiger partial charge < -0.3 is 15.2 Å². The number of terminal acetylenes is 1. The number of hydrogen-bond donors (Lipinski definition) is 1. The van der Waals surface area contributed by atoms with Gasteiger partial charge in [-0.3, -0.25) is 4.79 Å². The zero-order valence-electron chi connectivity index (χ0n) is 8.32. The molecule has 0 saturated carbocycles. The lowest BCUT2D eigenvalue weighted by Gasteiger charge is -2.09. The van der Waals surface area contributed by atoms with Crippen LogP contribution in [0.3, 0.4) is 0 Å². The lowest BCUT2D eigenvalue weighted by molar-refractivity contribution is 0.1000. The molecule has 0 fully saturated rings. The smallest absolute Gasteiger partial charge is 0.248 e. The zero-order valence-corrected chi connectivity index (χ0v) is 8.32. The summed E-state index contributed by atoms with van der Waals surface area (Å²) in [5, 5.41) is 0. The van der Waals surface area contributed by atoms with E-state index in [1.165, 1.54) is 13.2 Å². The van der Waals surface area contributed by atoms with Crippen LogP contribution in [0.1, 0.15) is 10.4 Å². The Balaban J connectivity index is 2.99. The molecule has 1 aromatic carbocycles. The van der Waals surface area contributed by atoms with Gasteiger partial charge in [-0.15, -0.1) is 6.42 Å². The second kappa shape index (κ2) is 4.91. The summed E-state index contributed by atoms with van der Waals surface area (Å²) >= 11 is 0. The van der Waals surface area contributed by atoms with Crippen LogP contribution in [-0.2, 0) is 0 Å². The van der Waals surface area contributed by atoms with Gasteiger partial charge in [-0.25, -0.2) is 0 Å². The second-order valence-corrected chi connectivity index (χ2v) is 2.72. The number of carbonyl (C=O) groups excluding carboxylic acids is 1. The molecule has 0 aromatic heterocycles. The minimum atomic E-state index is -0.517. The Bertz CT molecular complexity index is 407. The molecule has 1 rings (SSSR count). The number of primary amides is 1.